The Morgan fingerprint density at radius 2 is 2.25 bits per heavy atom. The minimum atomic E-state index is -0.324. The molecule has 0 bridgehead atoms. The maximum atomic E-state index is 13.0. The van der Waals surface area contributed by atoms with Gasteiger partial charge in [-0.25, -0.2) is 9.37 Å². The normalized spacial score (nSPS) is 12.7. The van der Waals surface area contributed by atoms with Crippen LogP contribution in [-0.4, -0.2) is 9.97 Å². The first-order valence-electron chi connectivity index (χ1n) is 5.27. The van der Waals surface area contributed by atoms with Gasteiger partial charge < -0.3 is 0 Å². The van der Waals surface area contributed by atoms with Gasteiger partial charge in [0.05, 0.1) is 16.9 Å². The molecule has 0 N–H and O–H groups in total. The third-order valence-corrected chi connectivity index (χ3v) is 3.63. The van der Waals surface area contributed by atoms with Gasteiger partial charge in [-0.15, -0.1) is 11.3 Å². The van der Waals surface area contributed by atoms with E-state index in [0.717, 1.165) is 22.7 Å². The van der Waals surface area contributed by atoms with Crippen LogP contribution in [0, 0.1) is 5.82 Å². The lowest BCUT2D eigenvalue weighted by atomic mass is 10.1. The van der Waals surface area contributed by atoms with E-state index in [1.165, 1.54) is 12.3 Å². The number of halogens is 1. The Bertz CT molecular complexity index is 481. The van der Waals surface area contributed by atoms with Gasteiger partial charge in [0.25, 0.3) is 0 Å². The van der Waals surface area contributed by atoms with E-state index < -0.39 is 0 Å². The highest BCUT2D eigenvalue weighted by Gasteiger charge is 2.10. The van der Waals surface area contributed by atoms with Gasteiger partial charge in [-0.05, 0) is 12.5 Å². The zero-order chi connectivity index (χ0) is 11.5. The molecule has 1 unspecified atom stereocenters. The zero-order valence-corrected chi connectivity index (χ0v) is 10.1. The van der Waals surface area contributed by atoms with Crippen LogP contribution >= 0.6 is 11.3 Å². The van der Waals surface area contributed by atoms with Crippen molar-refractivity contribution >= 4 is 11.3 Å². The number of aromatic nitrogens is 2. The molecule has 2 nitrogen and oxygen atoms in total. The molecule has 2 aromatic rings. The van der Waals surface area contributed by atoms with Crippen LogP contribution in [0.4, 0.5) is 4.39 Å². The summed E-state index contributed by atoms with van der Waals surface area (Å²) >= 11 is 1.62. The van der Waals surface area contributed by atoms with Gasteiger partial charge in [-0.1, -0.05) is 13.8 Å². The first-order valence-corrected chi connectivity index (χ1v) is 6.15. The Morgan fingerprint density at radius 1 is 1.44 bits per heavy atom. The van der Waals surface area contributed by atoms with Crippen molar-refractivity contribution in [2.45, 2.75) is 26.2 Å². The minimum Gasteiger partial charge on any atom is -0.261 e. The molecule has 0 saturated carbocycles. The molecule has 0 radical (unpaired) electrons. The molecule has 0 amide bonds. The van der Waals surface area contributed by atoms with Crippen LogP contribution in [0.15, 0.2) is 23.8 Å². The minimum absolute atomic E-state index is 0.324. The summed E-state index contributed by atoms with van der Waals surface area (Å²) in [5.74, 6) is 0.135. The van der Waals surface area contributed by atoms with Gasteiger partial charge in [-0.2, -0.15) is 0 Å². The van der Waals surface area contributed by atoms with E-state index in [9.17, 15) is 4.39 Å². The predicted molar refractivity (Wildman–Crippen MR) is 64.0 cm³/mol. The first-order chi connectivity index (χ1) is 7.70. The van der Waals surface area contributed by atoms with Crippen molar-refractivity contribution < 1.29 is 4.39 Å². The highest BCUT2D eigenvalue weighted by Crippen LogP contribution is 2.27. The lowest BCUT2D eigenvalue weighted by molar-refractivity contribution is 0.622. The van der Waals surface area contributed by atoms with Crippen molar-refractivity contribution in [3.63, 3.8) is 0 Å². The summed E-state index contributed by atoms with van der Waals surface area (Å²) in [7, 11) is 0. The molecule has 4 heteroatoms. The van der Waals surface area contributed by atoms with Crippen LogP contribution in [0.2, 0.25) is 0 Å². The molecule has 0 fully saturated rings. The molecule has 2 heterocycles. The van der Waals surface area contributed by atoms with Gasteiger partial charge in [0, 0.05) is 23.1 Å². The summed E-state index contributed by atoms with van der Waals surface area (Å²) in [5.41, 5.74) is 1.55. The standard InChI is InChI=1S/C12H13FN2S/c1-3-8(2)12-15-11(7-16-12)9-4-10(13)6-14-5-9/h4-8H,3H2,1-2H3. The number of pyridine rings is 1. The van der Waals surface area contributed by atoms with Crippen molar-refractivity contribution in [1.29, 1.82) is 0 Å². The fourth-order valence-corrected chi connectivity index (χ4v) is 2.34. The van der Waals surface area contributed by atoms with Gasteiger partial charge in [-0.3, -0.25) is 4.98 Å². The topological polar surface area (TPSA) is 25.8 Å². The predicted octanol–water partition coefficient (Wildman–Crippen LogP) is 3.86. The van der Waals surface area contributed by atoms with Crippen molar-refractivity contribution in [1.82, 2.24) is 9.97 Å². The molecule has 0 aliphatic heterocycles. The smallest absolute Gasteiger partial charge is 0.142 e. The van der Waals surface area contributed by atoms with Crippen LogP contribution in [-0.2, 0) is 0 Å². The van der Waals surface area contributed by atoms with Crippen LogP contribution in [0.25, 0.3) is 11.3 Å². The number of rotatable bonds is 3. The molecule has 0 aliphatic rings. The summed E-state index contributed by atoms with van der Waals surface area (Å²) in [6.07, 6.45) is 3.90. The second-order valence-corrected chi connectivity index (χ2v) is 4.66. The molecule has 84 valence electrons. The fourth-order valence-electron chi connectivity index (χ4n) is 1.37. The monoisotopic (exact) mass is 236 g/mol. The quantitative estimate of drug-likeness (QED) is 0.808. The van der Waals surface area contributed by atoms with Gasteiger partial charge >= 0.3 is 0 Å². The third-order valence-electron chi connectivity index (χ3n) is 2.56. The lowest BCUT2D eigenvalue weighted by Gasteiger charge is -2.02. The molecule has 0 spiro atoms. The summed E-state index contributed by atoms with van der Waals surface area (Å²) in [5, 5.41) is 3.06. The van der Waals surface area contributed by atoms with Crippen LogP contribution in [0.5, 0.6) is 0 Å². The van der Waals surface area contributed by atoms with E-state index in [1.54, 1.807) is 17.5 Å². The van der Waals surface area contributed by atoms with Crippen LogP contribution in [0.1, 0.15) is 31.2 Å². The van der Waals surface area contributed by atoms with Crippen molar-refractivity contribution in [2.75, 3.05) is 0 Å². The zero-order valence-electron chi connectivity index (χ0n) is 9.27. The van der Waals surface area contributed by atoms with Gasteiger partial charge in [0.1, 0.15) is 5.82 Å². The Kier molecular flexibility index (Phi) is 3.29. The molecule has 2 rings (SSSR count). The number of thiazole rings is 1. The molecular formula is C12H13FN2S. The van der Waals surface area contributed by atoms with E-state index in [1.807, 2.05) is 5.38 Å². The molecular weight excluding hydrogens is 223 g/mol. The molecule has 0 aromatic carbocycles. The van der Waals surface area contributed by atoms with Crippen molar-refractivity contribution in [2.24, 2.45) is 0 Å². The van der Waals surface area contributed by atoms with E-state index in [2.05, 4.69) is 23.8 Å². The Labute approximate surface area is 98.2 Å². The summed E-state index contributed by atoms with van der Waals surface area (Å²) in [6, 6.07) is 1.46. The van der Waals surface area contributed by atoms with E-state index in [0.29, 0.717) is 5.92 Å². The van der Waals surface area contributed by atoms with Crippen LogP contribution < -0.4 is 0 Å². The molecule has 2 aromatic heterocycles. The number of hydrogen-bond acceptors (Lipinski definition) is 3. The molecule has 16 heavy (non-hydrogen) atoms. The van der Waals surface area contributed by atoms with E-state index in [-0.39, 0.29) is 5.82 Å². The maximum absolute atomic E-state index is 13.0. The third kappa shape index (κ3) is 2.27. The Hall–Kier alpha value is -1.29. The number of nitrogens with zero attached hydrogens (tertiary/aromatic N) is 2. The van der Waals surface area contributed by atoms with Crippen LogP contribution in [0.3, 0.4) is 0 Å². The molecule has 0 saturated heterocycles. The average Bonchev–Trinajstić information content (AvgIpc) is 2.77. The maximum Gasteiger partial charge on any atom is 0.142 e. The van der Waals surface area contributed by atoms with Crippen molar-refractivity contribution in [3.05, 3.63) is 34.7 Å². The van der Waals surface area contributed by atoms with Gasteiger partial charge in [0.2, 0.25) is 0 Å². The largest absolute Gasteiger partial charge is 0.261 e. The van der Waals surface area contributed by atoms with E-state index >= 15 is 0 Å². The summed E-state index contributed by atoms with van der Waals surface area (Å²) < 4.78 is 13.0. The van der Waals surface area contributed by atoms with E-state index in [4.69, 9.17) is 0 Å². The first kappa shape index (κ1) is 11.2. The van der Waals surface area contributed by atoms with Crippen molar-refractivity contribution in [3.8, 4) is 11.3 Å². The molecule has 0 aliphatic carbocycles. The summed E-state index contributed by atoms with van der Waals surface area (Å²) in [4.78, 5) is 8.33. The summed E-state index contributed by atoms with van der Waals surface area (Å²) in [6.45, 7) is 4.28. The fraction of sp³-hybridized carbons (Fsp3) is 0.333. The Morgan fingerprint density at radius 3 is 2.94 bits per heavy atom. The Balaban J connectivity index is 2.31. The second kappa shape index (κ2) is 4.70. The SMILES string of the molecule is CCC(C)c1nc(-c2cncc(F)c2)cs1. The van der Waals surface area contributed by atoms with Gasteiger partial charge in [0.15, 0.2) is 0 Å². The molecule has 1 atom stereocenters. The average molecular weight is 236 g/mol. The highest BCUT2D eigenvalue weighted by atomic mass is 32.1. The lowest BCUT2D eigenvalue weighted by Crippen LogP contribution is -1.90. The number of hydrogen-bond donors (Lipinski definition) is 0. The second-order valence-electron chi connectivity index (χ2n) is 3.77. The highest BCUT2D eigenvalue weighted by molar-refractivity contribution is 7.10.